The molecule has 0 aromatic heterocycles. The molecule has 0 aliphatic rings. The normalized spacial score (nSPS) is 12.7. The largest absolute Gasteiger partial charge is 0.385 e. The molecule has 0 amide bonds. The van der Waals surface area contributed by atoms with Gasteiger partial charge in [-0.3, -0.25) is 0 Å². The van der Waals surface area contributed by atoms with Crippen LogP contribution < -0.4 is 5.32 Å². The van der Waals surface area contributed by atoms with Crippen LogP contribution in [-0.2, 0) is 4.74 Å². The summed E-state index contributed by atoms with van der Waals surface area (Å²) < 4.78 is 5.04. The zero-order valence-electron chi connectivity index (χ0n) is 10.3. The van der Waals surface area contributed by atoms with Gasteiger partial charge in [0, 0.05) is 30.4 Å². The average molecular weight is 239 g/mol. The molecule has 90 valence electrons. The van der Waals surface area contributed by atoms with Gasteiger partial charge < -0.3 is 10.1 Å². The van der Waals surface area contributed by atoms with Crippen LogP contribution in [0.3, 0.4) is 0 Å². The number of thioether (sulfide) groups is 1. The molecular formula is C13H21NOS. The summed E-state index contributed by atoms with van der Waals surface area (Å²) >= 11 is 1.89. The number of benzene rings is 1. The van der Waals surface area contributed by atoms with Gasteiger partial charge >= 0.3 is 0 Å². The molecule has 16 heavy (non-hydrogen) atoms. The van der Waals surface area contributed by atoms with Crippen LogP contribution in [0.1, 0.15) is 24.9 Å². The van der Waals surface area contributed by atoms with Crippen LogP contribution in [0.4, 0.5) is 0 Å². The summed E-state index contributed by atoms with van der Waals surface area (Å²) in [6, 6.07) is 9.14. The molecule has 0 bridgehead atoms. The lowest BCUT2D eigenvalue weighted by Crippen LogP contribution is -2.12. The summed E-state index contributed by atoms with van der Waals surface area (Å²) in [6.45, 7) is 3.02. The standard InChI is InChI=1S/C13H21NOS/c1-11(14-2)12-6-4-7-13(10-12)16-9-5-8-15-3/h4,6-7,10-11,14H,5,8-9H2,1-3H3. The van der Waals surface area contributed by atoms with E-state index in [9.17, 15) is 0 Å². The molecule has 0 fully saturated rings. The number of hydrogen-bond donors (Lipinski definition) is 1. The first-order valence-electron chi connectivity index (χ1n) is 5.67. The van der Waals surface area contributed by atoms with Crippen LogP contribution in [-0.4, -0.2) is 26.5 Å². The predicted molar refractivity (Wildman–Crippen MR) is 71.1 cm³/mol. The zero-order valence-corrected chi connectivity index (χ0v) is 11.1. The Labute approximate surface area is 103 Å². The number of hydrogen-bond acceptors (Lipinski definition) is 3. The summed E-state index contributed by atoms with van der Waals surface area (Å²) in [6.07, 6.45) is 1.10. The summed E-state index contributed by atoms with van der Waals surface area (Å²) in [7, 11) is 3.74. The molecule has 2 nitrogen and oxygen atoms in total. The third kappa shape index (κ3) is 4.56. The Kier molecular flexibility index (Phi) is 6.53. The minimum atomic E-state index is 0.416. The Morgan fingerprint density at radius 1 is 1.44 bits per heavy atom. The molecule has 0 saturated carbocycles. The van der Waals surface area contributed by atoms with E-state index in [-0.39, 0.29) is 0 Å². The minimum absolute atomic E-state index is 0.416. The van der Waals surface area contributed by atoms with Gasteiger partial charge in [0.15, 0.2) is 0 Å². The number of nitrogens with one attached hydrogen (secondary N) is 1. The van der Waals surface area contributed by atoms with Crippen molar-refractivity contribution in [1.29, 1.82) is 0 Å². The molecule has 1 N–H and O–H groups in total. The summed E-state index contributed by atoms with van der Waals surface area (Å²) in [4.78, 5) is 1.34. The fraction of sp³-hybridized carbons (Fsp3) is 0.538. The maximum atomic E-state index is 5.04. The van der Waals surface area contributed by atoms with Crippen LogP contribution in [0.2, 0.25) is 0 Å². The van der Waals surface area contributed by atoms with Gasteiger partial charge in [0.25, 0.3) is 0 Å². The highest BCUT2D eigenvalue weighted by molar-refractivity contribution is 7.99. The lowest BCUT2D eigenvalue weighted by Gasteiger charge is -2.11. The first-order chi connectivity index (χ1) is 7.77. The third-order valence-corrected chi connectivity index (χ3v) is 3.63. The zero-order chi connectivity index (χ0) is 11.8. The molecule has 1 aromatic rings. The summed E-state index contributed by atoms with van der Waals surface area (Å²) in [5, 5.41) is 3.26. The second-order valence-electron chi connectivity index (χ2n) is 3.78. The summed E-state index contributed by atoms with van der Waals surface area (Å²) in [5.74, 6) is 1.12. The lowest BCUT2D eigenvalue weighted by molar-refractivity contribution is 0.200. The van der Waals surface area contributed by atoms with Crippen molar-refractivity contribution in [3.05, 3.63) is 29.8 Å². The fourth-order valence-corrected chi connectivity index (χ4v) is 2.33. The minimum Gasteiger partial charge on any atom is -0.385 e. The van der Waals surface area contributed by atoms with Crippen LogP contribution in [0, 0.1) is 0 Å². The predicted octanol–water partition coefficient (Wildman–Crippen LogP) is 3.10. The van der Waals surface area contributed by atoms with Crippen LogP contribution >= 0.6 is 11.8 Å². The first kappa shape index (κ1) is 13.6. The topological polar surface area (TPSA) is 21.3 Å². The van der Waals surface area contributed by atoms with Gasteiger partial charge in [0.05, 0.1) is 0 Å². The Morgan fingerprint density at radius 2 is 2.25 bits per heavy atom. The van der Waals surface area contributed by atoms with E-state index in [1.54, 1.807) is 7.11 Å². The van der Waals surface area contributed by atoms with Crippen molar-refractivity contribution in [2.24, 2.45) is 0 Å². The van der Waals surface area contributed by atoms with E-state index in [1.807, 2.05) is 18.8 Å². The molecular weight excluding hydrogens is 218 g/mol. The maximum absolute atomic E-state index is 5.04. The van der Waals surface area contributed by atoms with Gasteiger partial charge in [-0.1, -0.05) is 12.1 Å². The molecule has 1 atom stereocenters. The smallest absolute Gasteiger partial charge is 0.0470 e. The number of methoxy groups -OCH3 is 1. The van der Waals surface area contributed by atoms with E-state index in [4.69, 9.17) is 4.74 Å². The highest BCUT2D eigenvalue weighted by Crippen LogP contribution is 2.22. The Hall–Kier alpha value is -0.510. The van der Waals surface area contributed by atoms with E-state index in [1.165, 1.54) is 10.5 Å². The second kappa shape index (κ2) is 7.71. The van der Waals surface area contributed by atoms with Crippen molar-refractivity contribution in [2.45, 2.75) is 24.3 Å². The molecule has 1 unspecified atom stereocenters. The van der Waals surface area contributed by atoms with E-state index in [0.717, 1.165) is 18.8 Å². The van der Waals surface area contributed by atoms with Crippen molar-refractivity contribution in [2.75, 3.05) is 26.5 Å². The molecule has 1 rings (SSSR count). The first-order valence-corrected chi connectivity index (χ1v) is 6.65. The molecule has 0 saturated heterocycles. The van der Waals surface area contributed by atoms with E-state index in [0.29, 0.717) is 6.04 Å². The van der Waals surface area contributed by atoms with Crippen LogP contribution in [0.25, 0.3) is 0 Å². The average Bonchev–Trinajstić information content (AvgIpc) is 2.34. The van der Waals surface area contributed by atoms with Gasteiger partial charge in [0.1, 0.15) is 0 Å². The van der Waals surface area contributed by atoms with Gasteiger partial charge in [-0.05, 0) is 38.1 Å². The van der Waals surface area contributed by atoms with Crippen molar-refractivity contribution in [3.8, 4) is 0 Å². The molecule has 0 aliphatic heterocycles. The highest BCUT2D eigenvalue weighted by Gasteiger charge is 2.03. The lowest BCUT2D eigenvalue weighted by atomic mass is 10.1. The van der Waals surface area contributed by atoms with Gasteiger partial charge in [-0.25, -0.2) is 0 Å². The highest BCUT2D eigenvalue weighted by atomic mass is 32.2. The van der Waals surface area contributed by atoms with Crippen molar-refractivity contribution < 1.29 is 4.74 Å². The number of rotatable bonds is 7. The van der Waals surface area contributed by atoms with Gasteiger partial charge in [0.2, 0.25) is 0 Å². The van der Waals surface area contributed by atoms with E-state index >= 15 is 0 Å². The van der Waals surface area contributed by atoms with Crippen molar-refractivity contribution in [3.63, 3.8) is 0 Å². The van der Waals surface area contributed by atoms with Crippen molar-refractivity contribution >= 4 is 11.8 Å². The molecule has 3 heteroatoms. The molecule has 0 aliphatic carbocycles. The second-order valence-corrected chi connectivity index (χ2v) is 4.95. The van der Waals surface area contributed by atoms with Crippen LogP contribution in [0.5, 0.6) is 0 Å². The Balaban J connectivity index is 2.47. The maximum Gasteiger partial charge on any atom is 0.0470 e. The monoisotopic (exact) mass is 239 g/mol. The van der Waals surface area contributed by atoms with Gasteiger partial charge in [-0.15, -0.1) is 11.8 Å². The van der Waals surface area contributed by atoms with E-state index in [2.05, 4.69) is 36.5 Å². The van der Waals surface area contributed by atoms with Crippen molar-refractivity contribution in [1.82, 2.24) is 5.32 Å². The quantitative estimate of drug-likeness (QED) is 0.583. The Bertz CT molecular complexity index is 304. The Morgan fingerprint density at radius 3 is 2.94 bits per heavy atom. The molecule has 1 aromatic carbocycles. The molecule has 0 spiro atoms. The van der Waals surface area contributed by atoms with Gasteiger partial charge in [-0.2, -0.15) is 0 Å². The third-order valence-electron chi connectivity index (χ3n) is 2.55. The number of ether oxygens (including phenoxy) is 1. The van der Waals surface area contributed by atoms with Crippen LogP contribution in [0.15, 0.2) is 29.2 Å². The fourth-order valence-electron chi connectivity index (χ4n) is 1.43. The van der Waals surface area contributed by atoms with E-state index < -0.39 is 0 Å². The SMILES string of the molecule is CNC(C)c1cccc(SCCCOC)c1. The molecule has 0 heterocycles. The molecule has 0 radical (unpaired) electrons. The summed E-state index contributed by atoms with van der Waals surface area (Å²) in [5.41, 5.74) is 1.35.